The smallest absolute Gasteiger partial charge is 0.225 e. The highest BCUT2D eigenvalue weighted by Gasteiger charge is 2.27. The van der Waals surface area contributed by atoms with Crippen LogP contribution in [0.25, 0.3) is 11.4 Å². The summed E-state index contributed by atoms with van der Waals surface area (Å²) < 4.78 is 44.7. The van der Waals surface area contributed by atoms with E-state index in [0.29, 0.717) is 18.2 Å². The van der Waals surface area contributed by atoms with Crippen molar-refractivity contribution in [2.75, 3.05) is 36.1 Å². The lowest BCUT2D eigenvalue weighted by Crippen LogP contribution is -2.39. The Morgan fingerprint density at radius 1 is 1.17 bits per heavy atom. The number of piperidine rings is 1. The fraction of sp³-hybridized carbons (Fsp3) is 0.417. The Balaban J connectivity index is 1.35. The van der Waals surface area contributed by atoms with E-state index in [1.54, 1.807) is 0 Å². The highest BCUT2D eigenvalue weighted by atomic mass is 32.2. The zero-order valence-electron chi connectivity index (χ0n) is 19.7. The number of aromatic nitrogens is 4. The van der Waals surface area contributed by atoms with Crippen molar-refractivity contribution in [3.63, 3.8) is 0 Å². The van der Waals surface area contributed by atoms with Crippen LogP contribution in [0.5, 0.6) is 5.88 Å². The third kappa shape index (κ3) is 4.90. The Hall–Kier alpha value is -3.34. The lowest BCUT2D eigenvalue weighted by atomic mass is 10.1. The van der Waals surface area contributed by atoms with E-state index < -0.39 is 15.7 Å². The van der Waals surface area contributed by atoms with Gasteiger partial charge in [-0.3, -0.25) is 0 Å². The van der Waals surface area contributed by atoms with E-state index in [1.807, 2.05) is 12.4 Å². The summed E-state index contributed by atoms with van der Waals surface area (Å²) in [5.74, 6) is 1.26. The summed E-state index contributed by atoms with van der Waals surface area (Å²) in [6, 6.07) is 3.76. The van der Waals surface area contributed by atoms with Crippen molar-refractivity contribution in [3.05, 3.63) is 47.5 Å². The van der Waals surface area contributed by atoms with Gasteiger partial charge < -0.3 is 15.0 Å². The van der Waals surface area contributed by atoms with Gasteiger partial charge in [0.2, 0.25) is 11.8 Å². The molecule has 1 fully saturated rings. The van der Waals surface area contributed by atoms with Crippen molar-refractivity contribution in [2.24, 2.45) is 0 Å². The van der Waals surface area contributed by atoms with Crippen LogP contribution < -0.4 is 15.0 Å². The Morgan fingerprint density at radius 3 is 2.57 bits per heavy atom. The van der Waals surface area contributed by atoms with Crippen LogP contribution in [0.2, 0.25) is 0 Å². The molecule has 1 aromatic carbocycles. The Kier molecular flexibility index (Phi) is 6.26. The van der Waals surface area contributed by atoms with Crippen LogP contribution in [-0.4, -0.2) is 60.3 Å². The molecule has 0 unspecified atom stereocenters. The number of nitrogens with one attached hydrogen (secondary N) is 1. The molecule has 2 aliphatic rings. The summed E-state index contributed by atoms with van der Waals surface area (Å²) in [5, 5.41) is 3.21. The summed E-state index contributed by atoms with van der Waals surface area (Å²) >= 11 is 0. The quantitative estimate of drug-likeness (QED) is 0.548. The van der Waals surface area contributed by atoms with E-state index in [1.165, 1.54) is 12.1 Å². The molecule has 35 heavy (non-hydrogen) atoms. The summed E-state index contributed by atoms with van der Waals surface area (Å²) in [6.45, 7) is 4.29. The number of halogens is 1. The second-order valence-corrected chi connectivity index (χ2v) is 10.8. The first-order chi connectivity index (χ1) is 16.8. The average molecular weight is 499 g/mol. The van der Waals surface area contributed by atoms with Crippen molar-refractivity contribution in [1.82, 2.24) is 19.9 Å². The maximum Gasteiger partial charge on any atom is 0.225 e. The lowest BCUT2D eigenvalue weighted by Gasteiger charge is -2.32. The predicted octanol–water partition coefficient (Wildman–Crippen LogP) is 3.05. The highest BCUT2D eigenvalue weighted by Crippen LogP contribution is 2.34. The van der Waals surface area contributed by atoms with Gasteiger partial charge in [-0.2, -0.15) is 4.98 Å². The summed E-state index contributed by atoms with van der Waals surface area (Å²) in [7, 11) is -3.52. The van der Waals surface area contributed by atoms with Gasteiger partial charge in [0.05, 0.1) is 16.0 Å². The molecule has 11 heteroatoms. The van der Waals surface area contributed by atoms with Crippen molar-refractivity contribution in [2.45, 2.75) is 43.6 Å². The van der Waals surface area contributed by atoms with Crippen LogP contribution in [0.3, 0.4) is 0 Å². The van der Waals surface area contributed by atoms with Gasteiger partial charge in [0.25, 0.3) is 0 Å². The normalized spacial score (nSPS) is 16.1. The molecule has 184 valence electrons. The molecule has 0 saturated carbocycles. The molecular weight excluding hydrogens is 471 g/mol. The van der Waals surface area contributed by atoms with E-state index in [0.717, 1.165) is 68.2 Å². The Labute approximate surface area is 203 Å². The fourth-order valence-electron chi connectivity index (χ4n) is 4.29. The number of fused-ring (bicyclic) bond motifs is 1. The molecule has 0 bridgehead atoms. The van der Waals surface area contributed by atoms with Crippen LogP contribution in [0.4, 0.5) is 16.2 Å². The maximum absolute atomic E-state index is 14.8. The SMILES string of the molecule is CCc1cnc(N2CCC(Oc3nc(-c4ccc(S(C)(=O)=O)cc4F)nc4c3CCN4)CC2)nc1. The Morgan fingerprint density at radius 2 is 1.91 bits per heavy atom. The molecule has 1 N–H and O–H groups in total. The van der Waals surface area contributed by atoms with Crippen LogP contribution in [0, 0.1) is 5.82 Å². The van der Waals surface area contributed by atoms with Gasteiger partial charge in [0, 0.05) is 51.1 Å². The molecule has 0 spiro atoms. The minimum atomic E-state index is -3.52. The number of nitrogens with zero attached hydrogens (tertiary/aromatic N) is 5. The van der Waals surface area contributed by atoms with Crippen molar-refractivity contribution >= 4 is 21.6 Å². The molecule has 0 atom stereocenters. The number of hydrogen-bond donors (Lipinski definition) is 1. The lowest BCUT2D eigenvalue weighted by molar-refractivity contribution is 0.162. The second-order valence-electron chi connectivity index (χ2n) is 8.82. The number of ether oxygens (including phenoxy) is 1. The average Bonchev–Trinajstić information content (AvgIpc) is 3.33. The van der Waals surface area contributed by atoms with Gasteiger partial charge in [0.1, 0.15) is 17.7 Å². The molecular formula is C24H27FN6O3S. The molecule has 2 aliphatic heterocycles. The molecule has 1 saturated heterocycles. The van der Waals surface area contributed by atoms with E-state index in [9.17, 15) is 12.8 Å². The molecule has 4 heterocycles. The van der Waals surface area contributed by atoms with E-state index >= 15 is 0 Å². The Bertz CT molecular complexity index is 1340. The van der Waals surface area contributed by atoms with E-state index in [2.05, 4.69) is 37.1 Å². The summed E-state index contributed by atoms with van der Waals surface area (Å²) in [5.41, 5.74) is 2.11. The topological polar surface area (TPSA) is 110 Å². The van der Waals surface area contributed by atoms with Gasteiger partial charge in [-0.1, -0.05) is 6.92 Å². The number of rotatable bonds is 6. The van der Waals surface area contributed by atoms with Crippen molar-refractivity contribution < 1.29 is 17.5 Å². The zero-order valence-corrected chi connectivity index (χ0v) is 20.5. The van der Waals surface area contributed by atoms with Crippen LogP contribution in [0.1, 0.15) is 30.9 Å². The van der Waals surface area contributed by atoms with E-state index in [-0.39, 0.29) is 22.4 Å². The second kappa shape index (κ2) is 9.37. The van der Waals surface area contributed by atoms with Crippen molar-refractivity contribution in [3.8, 4) is 17.3 Å². The number of sulfone groups is 1. The molecule has 0 aliphatic carbocycles. The van der Waals surface area contributed by atoms with E-state index in [4.69, 9.17) is 4.74 Å². The van der Waals surface area contributed by atoms with Gasteiger partial charge in [-0.05, 0) is 36.6 Å². The van der Waals surface area contributed by atoms with Gasteiger partial charge in [-0.15, -0.1) is 0 Å². The summed E-state index contributed by atoms with van der Waals surface area (Å²) in [4.78, 5) is 20.0. The standard InChI is InChI=1S/C24H27FN6O3S/c1-3-15-13-27-24(28-14-15)31-10-7-16(8-11-31)34-23-19-6-9-26-21(19)29-22(30-23)18-5-4-17(12-20(18)25)35(2,32)33/h4-5,12-14,16H,3,6-11H2,1-2H3,(H,26,29,30). The van der Waals surface area contributed by atoms with Gasteiger partial charge in [-0.25, -0.2) is 27.8 Å². The monoisotopic (exact) mass is 498 g/mol. The third-order valence-corrected chi connectivity index (χ3v) is 7.46. The third-order valence-electron chi connectivity index (χ3n) is 6.35. The largest absolute Gasteiger partial charge is 0.474 e. The van der Waals surface area contributed by atoms with Crippen molar-refractivity contribution in [1.29, 1.82) is 0 Å². The maximum atomic E-state index is 14.8. The molecule has 2 aromatic heterocycles. The zero-order chi connectivity index (χ0) is 24.6. The summed E-state index contributed by atoms with van der Waals surface area (Å²) in [6.07, 6.45) is 7.90. The molecule has 0 radical (unpaired) electrons. The first-order valence-electron chi connectivity index (χ1n) is 11.7. The van der Waals surface area contributed by atoms with Crippen LogP contribution in [0.15, 0.2) is 35.5 Å². The molecule has 0 amide bonds. The number of anilines is 2. The molecule has 9 nitrogen and oxygen atoms in total. The molecule has 3 aromatic rings. The number of benzene rings is 1. The minimum absolute atomic E-state index is 0.0499. The van der Waals surface area contributed by atoms with Gasteiger partial charge >= 0.3 is 0 Å². The fourth-order valence-corrected chi connectivity index (χ4v) is 4.92. The van der Waals surface area contributed by atoms with Crippen LogP contribution >= 0.6 is 0 Å². The van der Waals surface area contributed by atoms with Gasteiger partial charge in [0.15, 0.2) is 15.7 Å². The first-order valence-corrected chi connectivity index (χ1v) is 13.6. The highest BCUT2D eigenvalue weighted by molar-refractivity contribution is 7.90. The minimum Gasteiger partial charge on any atom is -0.474 e. The first kappa shape index (κ1) is 23.4. The number of hydrogen-bond acceptors (Lipinski definition) is 9. The number of aryl methyl sites for hydroxylation is 1. The predicted molar refractivity (Wildman–Crippen MR) is 130 cm³/mol. The van der Waals surface area contributed by atoms with Crippen LogP contribution in [-0.2, 0) is 22.7 Å². The molecule has 5 rings (SSSR count).